The smallest absolute Gasteiger partial charge is 0.337 e. The maximum Gasteiger partial charge on any atom is 0.337 e. The van der Waals surface area contributed by atoms with Crippen molar-refractivity contribution in [1.82, 2.24) is 4.72 Å². The van der Waals surface area contributed by atoms with Crippen molar-refractivity contribution in [3.8, 4) is 0 Å². The highest BCUT2D eigenvalue weighted by atomic mass is 32.2. The first-order valence-electron chi connectivity index (χ1n) is 5.42. The largest absolute Gasteiger partial charge is 0.478 e. The SMILES string of the molecule is CSCC(C)NS(=O)(=O)c1cc(N)ccc1C(=O)O. The number of thioether (sulfide) groups is 1. The zero-order chi connectivity index (χ0) is 14.6. The summed E-state index contributed by atoms with van der Waals surface area (Å²) in [6.07, 6.45) is 1.86. The van der Waals surface area contributed by atoms with Crippen molar-refractivity contribution >= 4 is 33.4 Å². The molecule has 106 valence electrons. The maximum absolute atomic E-state index is 12.2. The molecule has 0 radical (unpaired) electrons. The van der Waals surface area contributed by atoms with Crippen LogP contribution in [-0.2, 0) is 10.0 Å². The highest BCUT2D eigenvalue weighted by Gasteiger charge is 2.24. The van der Waals surface area contributed by atoms with Gasteiger partial charge < -0.3 is 10.8 Å². The summed E-state index contributed by atoms with van der Waals surface area (Å²) >= 11 is 1.49. The van der Waals surface area contributed by atoms with Gasteiger partial charge in [0.2, 0.25) is 10.0 Å². The molecule has 1 rings (SSSR count). The first-order chi connectivity index (χ1) is 8.77. The number of benzene rings is 1. The fraction of sp³-hybridized carbons (Fsp3) is 0.364. The van der Waals surface area contributed by atoms with Crippen LogP contribution in [0.2, 0.25) is 0 Å². The fourth-order valence-corrected chi connectivity index (χ4v) is 3.72. The molecular weight excluding hydrogens is 288 g/mol. The van der Waals surface area contributed by atoms with Crippen LogP contribution in [0, 0.1) is 0 Å². The summed E-state index contributed by atoms with van der Waals surface area (Å²) in [5.41, 5.74) is 5.43. The molecule has 0 fully saturated rings. The van der Waals surface area contributed by atoms with E-state index in [1.165, 1.54) is 23.9 Å². The van der Waals surface area contributed by atoms with E-state index in [-0.39, 0.29) is 22.2 Å². The highest BCUT2D eigenvalue weighted by molar-refractivity contribution is 7.98. The molecule has 1 aromatic carbocycles. The Bertz CT molecular complexity index is 572. The van der Waals surface area contributed by atoms with Crippen molar-refractivity contribution in [1.29, 1.82) is 0 Å². The number of carboxylic acid groups (broad SMARTS) is 1. The number of hydrogen-bond acceptors (Lipinski definition) is 5. The molecule has 0 aliphatic carbocycles. The van der Waals surface area contributed by atoms with Crippen LogP contribution in [-0.4, -0.2) is 37.5 Å². The van der Waals surface area contributed by atoms with Crippen LogP contribution >= 0.6 is 11.8 Å². The van der Waals surface area contributed by atoms with Crippen molar-refractivity contribution < 1.29 is 18.3 Å². The van der Waals surface area contributed by atoms with E-state index in [4.69, 9.17) is 10.8 Å². The normalized spacial score (nSPS) is 13.2. The quantitative estimate of drug-likeness (QED) is 0.676. The second kappa shape index (κ2) is 6.27. The van der Waals surface area contributed by atoms with Crippen molar-refractivity contribution in [2.45, 2.75) is 17.9 Å². The van der Waals surface area contributed by atoms with Crippen LogP contribution in [0.3, 0.4) is 0 Å². The number of aromatic carboxylic acids is 1. The van der Waals surface area contributed by atoms with E-state index >= 15 is 0 Å². The van der Waals surface area contributed by atoms with Crippen LogP contribution in [0.15, 0.2) is 23.1 Å². The van der Waals surface area contributed by atoms with Gasteiger partial charge in [-0.25, -0.2) is 17.9 Å². The lowest BCUT2D eigenvalue weighted by molar-refractivity contribution is 0.0692. The molecule has 0 spiro atoms. The van der Waals surface area contributed by atoms with Gasteiger partial charge in [-0.2, -0.15) is 11.8 Å². The Hall–Kier alpha value is -1.25. The van der Waals surface area contributed by atoms with Crippen molar-refractivity contribution in [2.24, 2.45) is 0 Å². The average molecular weight is 304 g/mol. The summed E-state index contributed by atoms with van der Waals surface area (Å²) in [5, 5.41) is 9.02. The van der Waals surface area contributed by atoms with Gasteiger partial charge in [-0.15, -0.1) is 0 Å². The minimum Gasteiger partial charge on any atom is -0.478 e. The van der Waals surface area contributed by atoms with E-state index < -0.39 is 16.0 Å². The molecule has 0 saturated carbocycles. The Kier molecular flexibility index (Phi) is 5.21. The monoisotopic (exact) mass is 304 g/mol. The number of rotatable bonds is 6. The summed E-state index contributed by atoms with van der Waals surface area (Å²) in [4.78, 5) is 10.7. The summed E-state index contributed by atoms with van der Waals surface area (Å²) in [7, 11) is -3.90. The molecule has 0 aliphatic heterocycles. The number of carboxylic acids is 1. The molecule has 0 bridgehead atoms. The molecule has 19 heavy (non-hydrogen) atoms. The number of anilines is 1. The minimum atomic E-state index is -3.90. The van der Waals surface area contributed by atoms with E-state index in [1.807, 2.05) is 6.26 Å². The van der Waals surface area contributed by atoms with E-state index in [0.717, 1.165) is 6.07 Å². The summed E-state index contributed by atoms with van der Waals surface area (Å²) < 4.78 is 26.7. The Labute approximate surface area is 116 Å². The molecule has 0 saturated heterocycles. The second-order valence-electron chi connectivity index (χ2n) is 4.04. The molecule has 6 nitrogen and oxygen atoms in total. The van der Waals surface area contributed by atoms with Crippen molar-refractivity contribution in [3.63, 3.8) is 0 Å². The second-order valence-corrected chi connectivity index (χ2v) is 6.63. The lowest BCUT2D eigenvalue weighted by atomic mass is 10.2. The lowest BCUT2D eigenvalue weighted by Gasteiger charge is -2.14. The molecule has 1 atom stereocenters. The molecule has 0 aliphatic rings. The van der Waals surface area contributed by atoms with E-state index in [1.54, 1.807) is 6.92 Å². The summed E-state index contributed by atoms with van der Waals surface area (Å²) in [6, 6.07) is 3.39. The van der Waals surface area contributed by atoms with Gasteiger partial charge in [0, 0.05) is 17.5 Å². The Morgan fingerprint density at radius 3 is 2.68 bits per heavy atom. The predicted octanol–water partition coefficient (Wildman–Crippen LogP) is 0.997. The zero-order valence-electron chi connectivity index (χ0n) is 10.6. The maximum atomic E-state index is 12.2. The molecular formula is C11H16N2O4S2. The Morgan fingerprint density at radius 2 is 2.16 bits per heavy atom. The van der Waals surface area contributed by atoms with Gasteiger partial charge in [0.1, 0.15) is 0 Å². The molecule has 1 aromatic rings. The molecule has 0 aromatic heterocycles. The van der Waals surface area contributed by atoms with E-state index in [2.05, 4.69) is 4.72 Å². The molecule has 1 unspecified atom stereocenters. The third-order valence-corrected chi connectivity index (χ3v) is 4.76. The first-order valence-corrected chi connectivity index (χ1v) is 8.29. The average Bonchev–Trinajstić information content (AvgIpc) is 2.27. The number of nitrogens with two attached hydrogens (primary N) is 1. The number of nitrogens with one attached hydrogen (secondary N) is 1. The van der Waals surface area contributed by atoms with Gasteiger partial charge >= 0.3 is 5.97 Å². The van der Waals surface area contributed by atoms with E-state index in [0.29, 0.717) is 5.75 Å². The van der Waals surface area contributed by atoms with Crippen LogP contribution < -0.4 is 10.5 Å². The highest BCUT2D eigenvalue weighted by Crippen LogP contribution is 2.19. The van der Waals surface area contributed by atoms with Gasteiger partial charge in [-0.1, -0.05) is 0 Å². The third-order valence-electron chi connectivity index (χ3n) is 2.30. The molecule has 0 heterocycles. The Balaban J connectivity index is 3.20. The number of sulfonamides is 1. The Morgan fingerprint density at radius 1 is 1.53 bits per heavy atom. The van der Waals surface area contributed by atoms with Crippen LogP contribution in [0.4, 0.5) is 5.69 Å². The van der Waals surface area contributed by atoms with Gasteiger partial charge in [0.25, 0.3) is 0 Å². The first kappa shape index (κ1) is 15.8. The van der Waals surface area contributed by atoms with Crippen LogP contribution in [0.1, 0.15) is 17.3 Å². The lowest BCUT2D eigenvalue weighted by Crippen LogP contribution is -2.35. The van der Waals surface area contributed by atoms with Crippen LogP contribution in [0.5, 0.6) is 0 Å². The van der Waals surface area contributed by atoms with Crippen molar-refractivity contribution in [2.75, 3.05) is 17.7 Å². The number of nitrogen functional groups attached to an aromatic ring is 1. The fourth-order valence-electron chi connectivity index (χ4n) is 1.55. The number of hydrogen-bond donors (Lipinski definition) is 3. The molecule has 0 amide bonds. The van der Waals surface area contributed by atoms with Gasteiger partial charge in [-0.05, 0) is 31.4 Å². The predicted molar refractivity (Wildman–Crippen MR) is 76.0 cm³/mol. The standard InChI is InChI=1S/C11H16N2O4S2/c1-7(6-18-2)13-19(16,17)10-5-8(12)3-4-9(10)11(14)15/h3-5,7,13H,6,12H2,1-2H3,(H,14,15). The van der Waals surface area contributed by atoms with Crippen LogP contribution in [0.25, 0.3) is 0 Å². The summed E-state index contributed by atoms with van der Waals surface area (Å²) in [6.45, 7) is 1.71. The summed E-state index contributed by atoms with van der Waals surface area (Å²) in [5.74, 6) is -0.720. The van der Waals surface area contributed by atoms with Gasteiger partial charge in [0.15, 0.2) is 0 Å². The van der Waals surface area contributed by atoms with Gasteiger partial charge in [-0.3, -0.25) is 0 Å². The number of carbonyl (C=O) groups is 1. The topological polar surface area (TPSA) is 109 Å². The minimum absolute atomic E-state index is 0.197. The van der Waals surface area contributed by atoms with Gasteiger partial charge in [0.05, 0.1) is 10.5 Å². The zero-order valence-corrected chi connectivity index (χ0v) is 12.2. The molecule has 8 heteroatoms. The van der Waals surface area contributed by atoms with E-state index in [9.17, 15) is 13.2 Å². The third kappa shape index (κ3) is 4.12. The molecule has 4 N–H and O–H groups in total. The van der Waals surface area contributed by atoms with Crippen molar-refractivity contribution in [3.05, 3.63) is 23.8 Å².